The van der Waals surface area contributed by atoms with E-state index < -0.39 is 0 Å². The average Bonchev–Trinajstić information content (AvgIpc) is 2.97. The van der Waals surface area contributed by atoms with Crippen molar-refractivity contribution in [3.63, 3.8) is 0 Å². The highest BCUT2D eigenvalue weighted by atomic mass is 14.7. The van der Waals surface area contributed by atoms with Crippen molar-refractivity contribution in [3.05, 3.63) is 0 Å². The smallest absolute Gasteiger partial charge is 0.0543 e. The van der Waals surface area contributed by atoms with Crippen LogP contribution in [0.5, 0.6) is 0 Å². The first-order chi connectivity index (χ1) is 11.7. The van der Waals surface area contributed by atoms with Gasteiger partial charge in [0.1, 0.15) is 7.85 Å². The first kappa shape index (κ1) is 17.5. The van der Waals surface area contributed by atoms with Gasteiger partial charge in [-0.2, -0.15) is 0 Å². The summed E-state index contributed by atoms with van der Waals surface area (Å²) in [6, 6.07) is 0. The molecule has 5 saturated carbocycles. The van der Waals surface area contributed by atoms with Gasteiger partial charge < -0.3 is 0 Å². The molecule has 0 atom stereocenters. The van der Waals surface area contributed by atoms with Gasteiger partial charge in [0, 0.05) is 0 Å². The first-order valence-electron chi connectivity index (χ1n) is 11.7. The van der Waals surface area contributed by atoms with Crippen LogP contribution < -0.4 is 0 Å². The van der Waals surface area contributed by atoms with Crippen LogP contribution in [0.3, 0.4) is 0 Å². The van der Waals surface area contributed by atoms with E-state index in [4.69, 9.17) is 0 Å². The lowest BCUT2D eigenvalue weighted by atomic mass is 9.34. The van der Waals surface area contributed by atoms with E-state index in [1.54, 1.807) is 64.2 Å². The molecular weight excluding hydrogens is 287 g/mol. The molecule has 24 heavy (non-hydrogen) atoms. The predicted octanol–water partition coefficient (Wildman–Crippen LogP) is 6.83. The molecule has 0 saturated heterocycles. The maximum atomic E-state index is 2.74. The molecular formula is C23H41B. The Morgan fingerprint density at radius 3 is 1.71 bits per heavy atom. The van der Waals surface area contributed by atoms with Gasteiger partial charge in [-0.3, -0.25) is 0 Å². The summed E-state index contributed by atoms with van der Waals surface area (Å²) in [5.74, 6) is 1.10. The molecule has 0 heterocycles. The number of rotatable bonds is 2. The summed E-state index contributed by atoms with van der Waals surface area (Å²) >= 11 is 0. The molecule has 2 bridgehead atoms. The molecule has 1 heteroatoms. The Balaban J connectivity index is 1.53. The fraction of sp³-hybridized carbons (Fsp3) is 1.00. The Kier molecular flexibility index (Phi) is 5.09. The molecule has 5 fully saturated rings. The molecule has 5 rings (SSSR count). The van der Waals surface area contributed by atoms with Crippen molar-refractivity contribution in [1.29, 1.82) is 0 Å². The lowest BCUT2D eigenvalue weighted by Crippen LogP contribution is -2.55. The summed E-state index contributed by atoms with van der Waals surface area (Å²) in [5, 5.41) is 0.686. The van der Waals surface area contributed by atoms with Crippen LogP contribution in [-0.4, -0.2) is 7.85 Å². The van der Waals surface area contributed by atoms with Crippen molar-refractivity contribution in [2.75, 3.05) is 0 Å². The molecule has 0 aromatic heterocycles. The van der Waals surface area contributed by atoms with Crippen molar-refractivity contribution < 1.29 is 0 Å². The van der Waals surface area contributed by atoms with E-state index in [9.17, 15) is 0 Å². The molecule has 0 unspecified atom stereocenters. The lowest BCUT2D eigenvalue weighted by molar-refractivity contribution is -0.116. The second kappa shape index (κ2) is 7.00. The van der Waals surface area contributed by atoms with E-state index in [1.165, 1.54) is 57.8 Å². The van der Waals surface area contributed by atoms with Crippen LogP contribution >= 0.6 is 0 Å². The summed E-state index contributed by atoms with van der Waals surface area (Å²) in [6.07, 6.45) is 29.5. The molecule has 0 aromatic rings. The molecule has 0 aliphatic heterocycles. The Hall–Kier alpha value is 0.0649. The lowest BCUT2D eigenvalue weighted by Gasteiger charge is -2.66. The van der Waals surface area contributed by atoms with E-state index in [2.05, 4.69) is 7.85 Å². The number of fused-ring (bicyclic) bond motifs is 3. The monoisotopic (exact) mass is 328 g/mol. The van der Waals surface area contributed by atoms with Crippen LogP contribution in [0, 0.1) is 16.7 Å². The van der Waals surface area contributed by atoms with E-state index in [1.807, 2.05) is 0 Å². The highest BCUT2D eigenvalue weighted by Gasteiger charge is 2.63. The minimum absolute atomic E-state index is 0.686. The minimum atomic E-state index is 0.686. The average molecular weight is 328 g/mol. The molecule has 0 amide bonds. The molecule has 5 aliphatic carbocycles. The summed E-state index contributed by atoms with van der Waals surface area (Å²) in [5.41, 5.74) is 1.55. The number of hydrogen-bond donors (Lipinski definition) is 0. The van der Waals surface area contributed by atoms with Crippen LogP contribution in [0.2, 0.25) is 5.31 Å². The van der Waals surface area contributed by atoms with Gasteiger partial charge in [0.15, 0.2) is 0 Å². The van der Waals surface area contributed by atoms with E-state index in [0.717, 1.165) is 16.7 Å². The fourth-order valence-electron chi connectivity index (χ4n) is 7.92. The fourth-order valence-corrected chi connectivity index (χ4v) is 7.92. The Morgan fingerprint density at radius 2 is 1.04 bits per heavy atom. The van der Waals surface area contributed by atoms with Gasteiger partial charge in [-0.1, -0.05) is 88.8 Å². The highest BCUT2D eigenvalue weighted by Crippen LogP contribution is 2.75. The minimum Gasteiger partial charge on any atom is -0.0543 e. The molecule has 0 radical (unpaired) electrons. The first-order valence-corrected chi connectivity index (χ1v) is 11.7. The zero-order chi connectivity index (χ0) is 16.5. The van der Waals surface area contributed by atoms with Crippen molar-refractivity contribution in [2.45, 2.75) is 127 Å². The van der Waals surface area contributed by atoms with Crippen LogP contribution in [0.1, 0.15) is 122 Å². The van der Waals surface area contributed by atoms with Gasteiger partial charge in [-0.05, 0) is 55.3 Å². The maximum Gasteiger partial charge on any atom is 0.110 e. The van der Waals surface area contributed by atoms with Gasteiger partial charge in [0.25, 0.3) is 0 Å². The highest BCUT2D eigenvalue weighted by molar-refractivity contribution is 6.16. The second-order valence-corrected chi connectivity index (χ2v) is 10.7. The molecule has 136 valence electrons. The van der Waals surface area contributed by atoms with Crippen LogP contribution in [0.4, 0.5) is 0 Å². The van der Waals surface area contributed by atoms with Gasteiger partial charge in [0.2, 0.25) is 0 Å². The molecule has 0 aromatic carbocycles. The van der Waals surface area contributed by atoms with E-state index in [-0.39, 0.29) is 0 Å². The van der Waals surface area contributed by atoms with Crippen molar-refractivity contribution in [3.8, 4) is 0 Å². The standard InChI is InChI=1S/C23H41B/c24-23(16-8-4-1-5-9-17-23)22-15-11-10-14-21(18-22,19-22)20-12-6-2-3-7-13-20/h20H,1-19,24H2. The van der Waals surface area contributed by atoms with Crippen LogP contribution in [-0.2, 0) is 0 Å². The van der Waals surface area contributed by atoms with Gasteiger partial charge >= 0.3 is 0 Å². The van der Waals surface area contributed by atoms with E-state index >= 15 is 0 Å². The third-order valence-electron chi connectivity index (χ3n) is 9.42. The molecule has 0 N–H and O–H groups in total. The molecule has 5 aliphatic rings. The summed E-state index contributed by atoms with van der Waals surface area (Å²) in [6.45, 7) is 0. The maximum absolute atomic E-state index is 2.74. The normalized spacial score (nSPS) is 41.3. The molecule has 0 nitrogen and oxygen atoms in total. The van der Waals surface area contributed by atoms with Gasteiger partial charge in [0.05, 0.1) is 0 Å². The Labute approximate surface area is 152 Å². The topological polar surface area (TPSA) is 0 Å². The van der Waals surface area contributed by atoms with Crippen LogP contribution in [0.25, 0.3) is 0 Å². The van der Waals surface area contributed by atoms with Crippen molar-refractivity contribution in [2.24, 2.45) is 16.7 Å². The van der Waals surface area contributed by atoms with E-state index in [0.29, 0.717) is 5.31 Å². The van der Waals surface area contributed by atoms with Crippen LogP contribution in [0.15, 0.2) is 0 Å². The Bertz CT molecular complexity index is 404. The predicted molar refractivity (Wildman–Crippen MR) is 107 cm³/mol. The second-order valence-electron chi connectivity index (χ2n) is 10.7. The van der Waals surface area contributed by atoms with Crippen molar-refractivity contribution >= 4 is 7.85 Å². The van der Waals surface area contributed by atoms with Gasteiger partial charge in [-0.25, -0.2) is 0 Å². The largest absolute Gasteiger partial charge is 0.110 e. The third-order valence-corrected chi connectivity index (χ3v) is 9.42. The summed E-state index contributed by atoms with van der Waals surface area (Å²) < 4.78 is 0. The zero-order valence-electron chi connectivity index (χ0n) is 16.5. The Morgan fingerprint density at radius 1 is 0.542 bits per heavy atom. The molecule has 0 spiro atoms. The van der Waals surface area contributed by atoms with Gasteiger partial charge in [-0.15, -0.1) is 0 Å². The zero-order valence-corrected chi connectivity index (χ0v) is 16.5. The third kappa shape index (κ3) is 3.01. The summed E-state index contributed by atoms with van der Waals surface area (Å²) in [4.78, 5) is 0. The SMILES string of the molecule is BC1(C23CCCCC(C4CCCCCC4)(C2)C3)CCCCCCC1. The van der Waals surface area contributed by atoms with Crippen molar-refractivity contribution in [1.82, 2.24) is 0 Å². The quantitative estimate of drug-likeness (QED) is 0.385. The number of hydrogen-bond acceptors (Lipinski definition) is 0. The summed E-state index contributed by atoms with van der Waals surface area (Å²) in [7, 11) is 2.74.